The minimum absolute atomic E-state index is 0.0124. The van der Waals surface area contributed by atoms with Crippen molar-refractivity contribution >= 4 is 27.4 Å². The van der Waals surface area contributed by atoms with Crippen LogP contribution in [0, 0.1) is 11.6 Å². The van der Waals surface area contributed by atoms with E-state index in [0.717, 1.165) is 12.1 Å². The van der Waals surface area contributed by atoms with Crippen LogP contribution < -0.4 is 10.0 Å². The van der Waals surface area contributed by atoms with Crippen molar-refractivity contribution in [2.24, 2.45) is 0 Å². The molecule has 2 N–H and O–H groups in total. The molecule has 1 aromatic heterocycles. The number of anilines is 2. The number of pyridine rings is 1. The highest BCUT2D eigenvalue weighted by Crippen LogP contribution is 2.16. The molecule has 0 atom stereocenters. The molecule has 2 aromatic rings. The third kappa shape index (κ3) is 4.25. The van der Waals surface area contributed by atoms with Gasteiger partial charge in [0.2, 0.25) is 10.0 Å². The average Bonchev–Trinajstić information content (AvgIpc) is 2.50. The molecule has 0 fully saturated rings. The van der Waals surface area contributed by atoms with Crippen molar-refractivity contribution < 1.29 is 22.0 Å². The molecule has 0 radical (unpaired) electrons. The number of sulfonamides is 1. The molecule has 0 unspecified atom stereocenters. The van der Waals surface area contributed by atoms with Crippen molar-refractivity contribution in [2.75, 3.05) is 10.0 Å². The Morgan fingerprint density at radius 1 is 1.12 bits per heavy atom. The predicted octanol–water partition coefficient (Wildman–Crippen LogP) is 2.76. The van der Waals surface area contributed by atoms with Crippen LogP contribution in [0.1, 0.15) is 24.2 Å². The van der Waals surface area contributed by atoms with Gasteiger partial charge in [0.1, 0.15) is 5.82 Å². The number of aromatic nitrogens is 1. The lowest BCUT2D eigenvalue weighted by atomic mass is 10.2. The molecular weight excluding hydrogens is 340 g/mol. The minimum Gasteiger partial charge on any atom is -0.322 e. The van der Waals surface area contributed by atoms with E-state index in [9.17, 15) is 22.0 Å². The zero-order chi connectivity index (χ0) is 17.9. The van der Waals surface area contributed by atoms with Crippen molar-refractivity contribution in [1.82, 2.24) is 4.98 Å². The topological polar surface area (TPSA) is 88.2 Å². The highest BCUT2D eigenvalue weighted by Gasteiger charge is 2.17. The van der Waals surface area contributed by atoms with E-state index in [1.165, 1.54) is 38.2 Å². The predicted molar refractivity (Wildman–Crippen MR) is 86.2 cm³/mol. The molecule has 0 saturated heterocycles. The van der Waals surface area contributed by atoms with Crippen molar-refractivity contribution in [1.29, 1.82) is 0 Å². The summed E-state index contributed by atoms with van der Waals surface area (Å²) in [5, 5.41) is 1.72. The fourth-order valence-corrected chi connectivity index (χ4v) is 2.31. The first-order chi connectivity index (χ1) is 11.2. The molecule has 1 aromatic carbocycles. The number of carbonyl (C=O) groups is 1. The third-order valence-corrected chi connectivity index (χ3v) is 4.80. The smallest absolute Gasteiger partial charge is 0.255 e. The maximum absolute atomic E-state index is 13.1. The van der Waals surface area contributed by atoms with Gasteiger partial charge in [-0.2, -0.15) is 0 Å². The molecule has 6 nitrogen and oxygen atoms in total. The van der Waals surface area contributed by atoms with Crippen molar-refractivity contribution in [2.45, 2.75) is 19.1 Å². The maximum Gasteiger partial charge on any atom is 0.255 e. The molecular formula is C15H15F2N3O3S. The van der Waals surface area contributed by atoms with Gasteiger partial charge in [-0.15, -0.1) is 0 Å². The van der Waals surface area contributed by atoms with Crippen LogP contribution in [0.3, 0.4) is 0 Å². The first-order valence-electron chi connectivity index (χ1n) is 6.93. The normalized spacial score (nSPS) is 11.4. The van der Waals surface area contributed by atoms with Crippen LogP contribution >= 0.6 is 0 Å². The second kappa shape index (κ2) is 6.91. The van der Waals surface area contributed by atoms with E-state index in [0.29, 0.717) is 0 Å². The van der Waals surface area contributed by atoms with Crippen LogP contribution in [-0.2, 0) is 10.0 Å². The molecule has 128 valence electrons. The Morgan fingerprint density at radius 2 is 1.83 bits per heavy atom. The number of hydrogen-bond acceptors (Lipinski definition) is 4. The lowest BCUT2D eigenvalue weighted by Crippen LogP contribution is -2.23. The van der Waals surface area contributed by atoms with E-state index in [2.05, 4.69) is 15.0 Å². The summed E-state index contributed by atoms with van der Waals surface area (Å²) in [5.74, 6) is -2.75. The van der Waals surface area contributed by atoms with Crippen molar-refractivity contribution in [3.63, 3.8) is 0 Å². The monoisotopic (exact) mass is 355 g/mol. The quantitative estimate of drug-likeness (QED) is 0.863. The summed E-state index contributed by atoms with van der Waals surface area (Å²) in [7, 11) is -3.60. The zero-order valence-electron chi connectivity index (χ0n) is 12.9. The van der Waals surface area contributed by atoms with Gasteiger partial charge >= 0.3 is 0 Å². The highest BCUT2D eigenvalue weighted by atomic mass is 32.2. The van der Waals surface area contributed by atoms with Crippen LogP contribution in [0.15, 0.2) is 36.5 Å². The Labute approximate surface area is 138 Å². The van der Waals surface area contributed by atoms with Gasteiger partial charge in [-0.05, 0) is 38.1 Å². The number of nitrogens with one attached hydrogen (secondary N) is 2. The number of carbonyl (C=O) groups excluding carboxylic acids is 1. The second-order valence-corrected chi connectivity index (χ2v) is 7.45. The second-order valence-electron chi connectivity index (χ2n) is 5.21. The largest absolute Gasteiger partial charge is 0.322 e. The van der Waals surface area contributed by atoms with Gasteiger partial charge in [0.15, 0.2) is 11.6 Å². The lowest BCUT2D eigenvalue weighted by Gasteiger charge is -2.11. The van der Waals surface area contributed by atoms with Crippen LogP contribution in [0.25, 0.3) is 0 Å². The molecule has 0 saturated carbocycles. The van der Waals surface area contributed by atoms with Gasteiger partial charge in [-0.25, -0.2) is 22.2 Å². The van der Waals surface area contributed by atoms with E-state index < -0.39 is 32.8 Å². The molecule has 0 spiro atoms. The summed E-state index contributed by atoms with van der Waals surface area (Å²) in [4.78, 5) is 16.0. The summed E-state index contributed by atoms with van der Waals surface area (Å²) in [6.07, 6.45) is 1.26. The summed E-state index contributed by atoms with van der Waals surface area (Å²) in [5.41, 5.74) is 0.177. The lowest BCUT2D eigenvalue weighted by molar-refractivity contribution is 0.102. The van der Waals surface area contributed by atoms with Gasteiger partial charge in [-0.3, -0.25) is 9.52 Å². The molecule has 24 heavy (non-hydrogen) atoms. The number of nitrogens with zero attached hydrogens (tertiary/aromatic N) is 1. The first-order valence-corrected chi connectivity index (χ1v) is 8.48. The average molecular weight is 355 g/mol. The Hall–Kier alpha value is -2.55. The summed E-state index contributed by atoms with van der Waals surface area (Å²) in [6, 6.07) is 5.55. The fraction of sp³-hybridized carbons (Fsp3) is 0.200. The number of halogens is 2. The molecule has 0 aliphatic rings. The Bertz CT molecular complexity index is 870. The summed E-state index contributed by atoms with van der Waals surface area (Å²) >= 11 is 0. The highest BCUT2D eigenvalue weighted by molar-refractivity contribution is 7.93. The van der Waals surface area contributed by atoms with E-state index in [4.69, 9.17) is 0 Å². The minimum atomic E-state index is -3.60. The van der Waals surface area contributed by atoms with Gasteiger partial charge in [0, 0.05) is 23.5 Å². The molecule has 0 aliphatic carbocycles. The Kier molecular flexibility index (Phi) is 5.13. The molecule has 2 rings (SSSR count). The van der Waals surface area contributed by atoms with Crippen molar-refractivity contribution in [3.8, 4) is 0 Å². The number of hydrogen-bond donors (Lipinski definition) is 2. The van der Waals surface area contributed by atoms with E-state index in [1.54, 1.807) is 0 Å². The molecule has 0 aliphatic heterocycles. The number of benzene rings is 1. The standard InChI is InChI=1S/C15H15F2N3O3S/c1-9(2)24(22,23)20-14-7-10(5-6-18-14)15(21)19-11-3-4-12(16)13(17)8-11/h3-9H,1-2H3,(H,18,20)(H,19,21). The van der Waals surface area contributed by atoms with E-state index >= 15 is 0 Å². The van der Waals surface area contributed by atoms with Gasteiger partial charge in [0.25, 0.3) is 5.91 Å². The molecule has 1 amide bonds. The number of rotatable bonds is 5. The zero-order valence-corrected chi connectivity index (χ0v) is 13.7. The molecule has 9 heteroatoms. The van der Waals surface area contributed by atoms with Crippen LogP contribution in [0.2, 0.25) is 0 Å². The maximum atomic E-state index is 13.1. The summed E-state index contributed by atoms with van der Waals surface area (Å²) < 4.78 is 51.9. The SMILES string of the molecule is CC(C)S(=O)(=O)Nc1cc(C(=O)Nc2ccc(F)c(F)c2)ccn1. The van der Waals surface area contributed by atoms with E-state index in [1.807, 2.05) is 0 Å². The van der Waals surface area contributed by atoms with E-state index in [-0.39, 0.29) is 17.1 Å². The fourth-order valence-electron chi connectivity index (χ4n) is 1.67. The van der Waals surface area contributed by atoms with Crippen LogP contribution in [-0.4, -0.2) is 24.6 Å². The molecule has 0 bridgehead atoms. The van der Waals surface area contributed by atoms with Crippen LogP contribution in [0.5, 0.6) is 0 Å². The van der Waals surface area contributed by atoms with Crippen LogP contribution in [0.4, 0.5) is 20.3 Å². The van der Waals surface area contributed by atoms with Gasteiger partial charge < -0.3 is 5.32 Å². The first kappa shape index (κ1) is 17.8. The number of amides is 1. The van der Waals surface area contributed by atoms with Crippen molar-refractivity contribution in [3.05, 3.63) is 53.7 Å². The Morgan fingerprint density at radius 3 is 2.46 bits per heavy atom. The Balaban J connectivity index is 2.18. The molecule has 1 heterocycles. The summed E-state index contributed by atoms with van der Waals surface area (Å²) in [6.45, 7) is 3.00. The van der Waals surface area contributed by atoms with Gasteiger partial charge in [0.05, 0.1) is 5.25 Å². The third-order valence-electron chi connectivity index (χ3n) is 3.07. The van der Waals surface area contributed by atoms with Gasteiger partial charge in [-0.1, -0.05) is 0 Å².